The van der Waals surface area contributed by atoms with E-state index in [9.17, 15) is 13.2 Å². The van der Waals surface area contributed by atoms with Crippen molar-refractivity contribution >= 4 is 27.8 Å². The highest BCUT2D eigenvalue weighted by Crippen LogP contribution is 2.29. The van der Waals surface area contributed by atoms with Gasteiger partial charge in [0.05, 0.1) is 18.5 Å². The molecule has 1 rings (SSSR count). The fourth-order valence-electron chi connectivity index (χ4n) is 1.18. The lowest BCUT2D eigenvalue weighted by Gasteiger charge is -2.09. The number of hydrogen-bond donors (Lipinski definition) is 1. The van der Waals surface area contributed by atoms with Crippen molar-refractivity contribution in [2.24, 2.45) is 4.36 Å². The fraction of sp³-hybridized carbons (Fsp3) is 0.300. The molecule has 0 heterocycles. The van der Waals surface area contributed by atoms with E-state index < -0.39 is 10.5 Å². The van der Waals surface area contributed by atoms with Crippen molar-refractivity contribution in [2.45, 2.75) is 13.3 Å². The topological polar surface area (TPSA) is 84.8 Å². The zero-order valence-corrected chi connectivity index (χ0v) is 10.2. The molecule has 0 radical (unpaired) electrons. The molecule has 0 aliphatic heterocycles. The number of carbonyl (C=O) groups is 1. The first-order valence-corrected chi connectivity index (χ1v) is 5.89. The number of hydrogen-bond acceptors (Lipinski definition) is 5. The van der Waals surface area contributed by atoms with Crippen LogP contribution < -0.4 is 10.1 Å². The molecule has 0 atom stereocenters. The molecule has 7 heteroatoms. The summed E-state index contributed by atoms with van der Waals surface area (Å²) in [5, 5.41) is 2.60. The van der Waals surface area contributed by atoms with Gasteiger partial charge in [-0.3, -0.25) is 4.79 Å². The molecule has 1 N–H and O–H groups in total. The highest BCUT2D eigenvalue weighted by molar-refractivity contribution is 7.61. The van der Waals surface area contributed by atoms with Crippen molar-refractivity contribution in [1.29, 1.82) is 0 Å². The Kier molecular flexibility index (Phi) is 4.65. The molecular formula is C10H12N2O4S. The standard InChI is InChI=1S/C10H12N2O4S/c1-3-10(13)11-8-6-7(12-17(14)15)4-5-9(8)16-2/h4-6H,3H2,1-2H3,(H,11,13). The number of amides is 1. The van der Waals surface area contributed by atoms with Gasteiger partial charge in [0.25, 0.3) is 0 Å². The van der Waals surface area contributed by atoms with E-state index in [0.29, 0.717) is 17.9 Å². The van der Waals surface area contributed by atoms with Crippen LogP contribution in [0.25, 0.3) is 0 Å². The highest BCUT2D eigenvalue weighted by atomic mass is 32.2. The molecule has 0 unspecified atom stereocenters. The van der Waals surface area contributed by atoms with Crippen LogP contribution in [0.5, 0.6) is 5.75 Å². The first kappa shape index (κ1) is 13.2. The van der Waals surface area contributed by atoms with E-state index in [2.05, 4.69) is 9.68 Å². The Labute approximate surface area is 100 Å². The molecule has 0 saturated carbocycles. The van der Waals surface area contributed by atoms with Crippen LogP contribution >= 0.6 is 0 Å². The van der Waals surface area contributed by atoms with Crippen molar-refractivity contribution in [3.63, 3.8) is 0 Å². The lowest BCUT2D eigenvalue weighted by Crippen LogP contribution is -2.10. The average molecular weight is 256 g/mol. The van der Waals surface area contributed by atoms with Crippen molar-refractivity contribution in [1.82, 2.24) is 0 Å². The van der Waals surface area contributed by atoms with Gasteiger partial charge in [-0.1, -0.05) is 6.92 Å². The number of carbonyl (C=O) groups excluding carboxylic acids is 1. The number of anilines is 1. The van der Waals surface area contributed by atoms with Crippen LogP contribution in [0.4, 0.5) is 11.4 Å². The average Bonchev–Trinajstić information content (AvgIpc) is 2.28. The predicted molar refractivity (Wildman–Crippen MR) is 62.9 cm³/mol. The smallest absolute Gasteiger partial charge is 0.316 e. The molecule has 0 aliphatic carbocycles. The Morgan fingerprint density at radius 1 is 1.47 bits per heavy atom. The summed E-state index contributed by atoms with van der Waals surface area (Å²) in [5.74, 6) is 0.256. The summed E-state index contributed by atoms with van der Waals surface area (Å²) in [6, 6.07) is 4.45. The Morgan fingerprint density at radius 2 is 2.18 bits per heavy atom. The number of ether oxygens (including phenoxy) is 1. The minimum atomic E-state index is -2.53. The Bertz CT molecular complexity index is 543. The Morgan fingerprint density at radius 3 is 2.71 bits per heavy atom. The van der Waals surface area contributed by atoms with Crippen molar-refractivity contribution in [3.05, 3.63) is 18.2 Å². The van der Waals surface area contributed by atoms with Crippen LogP contribution in [0.3, 0.4) is 0 Å². The number of rotatable bonds is 4. The van der Waals surface area contributed by atoms with Gasteiger partial charge in [-0.15, -0.1) is 4.36 Å². The summed E-state index contributed by atoms with van der Waals surface area (Å²) in [6.07, 6.45) is 0.317. The first-order chi connectivity index (χ1) is 8.06. The molecular weight excluding hydrogens is 244 g/mol. The molecule has 1 aromatic carbocycles. The van der Waals surface area contributed by atoms with Gasteiger partial charge in [-0.2, -0.15) is 8.42 Å². The number of nitrogens with zero attached hydrogens (tertiary/aromatic N) is 1. The van der Waals surface area contributed by atoms with Crippen LogP contribution in [0.1, 0.15) is 13.3 Å². The zero-order chi connectivity index (χ0) is 12.8. The summed E-state index contributed by atoms with van der Waals surface area (Å²) in [7, 11) is -1.07. The van der Waals surface area contributed by atoms with Gasteiger partial charge in [0.15, 0.2) is 0 Å². The van der Waals surface area contributed by atoms with Crippen LogP contribution in [0, 0.1) is 0 Å². The van der Waals surface area contributed by atoms with E-state index in [0.717, 1.165) is 0 Å². The predicted octanol–water partition coefficient (Wildman–Crippen LogP) is 1.74. The lowest BCUT2D eigenvalue weighted by atomic mass is 10.2. The van der Waals surface area contributed by atoms with Crippen LogP contribution in [-0.4, -0.2) is 21.4 Å². The SMILES string of the molecule is CCC(=O)Nc1cc(N=S(=O)=O)ccc1OC. The Hall–Kier alpha value is -1.89. The number of nitrogens with one attached hydrogen (secondary N) is 1. The molecule has 0 fully saturated rings. The van der Waals surface area contributed by atoms with Gasteiger partial charge < -0.3 is 10.1 Å². The van der Waals surface area contributed by atoms with Crippen LogP contribution in [-0.2, 0) is 15.3 Å². The third-order valence-electron chi connectivity index (χ3n) is 1.96. The molecule has 92 valence electrons. The summed E-state index contributed by atoms with van der Waals surface area (Å²) < 4.78 is 29.2. The second kappa shape index (κ2) is 6.00. The van der Waals surface area contributed by atoms with E-state index >= 15 is 0 Å². The van der Waals surface area contributed by atoms with E-state index in [4.69, 9.17) is 4.74 Å². The largest absolute Gasteiger partial charge is 0.495 e. The van der Waals surface area contributed by atoms with E-state index in [1.165, 1.54) is 25.3 Å². The number of benzene rings is 1. The molecule has 0 bridgehead atoms. The zero-order valence-electron chi connectivity index (χ0n) is 9.43. The normalized spacial score (nSPS) is 9.53. The number of methoxy groups -OCH3 is 1. The molecule has 0 saturated heterocycles. The minimum Gasteiger partial charge on any atom is -0.495 e. The quantitative estimate of drug-likeness (QED) is 0.889. The summed E-state index contributed by atoms with van der Waals surface area (Å²) in [6.45, 7) is 1.71. The Balaban J connectivity index is 3.15. The lowest BCUT2D eigenvalue weighted by molar-refractivity contribution is -0.115. The molecule has 1 amide bonds. The highest BCUT2D eigenvalue weighted by Gasteiger charge is 2.07. The van der Waals surface area contributed by atoms with E-state index in [1.807, 2.05) is 0 Å². The fourth-order valence-corrected chi connectivity index (χ4v) is 1.46. The maximum Gasteiger partial charge on any atom is 0.316 e. The third-order valence-corrected chi connectivity index (χ3v) is 2.32. The van der Waals surface area contributed by atoms with Crippen LogP contribution in [0.2, 0.25) is 0 Å². The van der Waals surface area contributed by atoms with Crippen molar-refractivity contribution in [3.8, 4) is 5.75 Å². The molecule has 17 heavy (non-hydrogen) atoms. The molecule has 0 spiro atoms. The van der Waals surface area contributed by atoms with Gasteiger partial charge in [-0.05, 0) is 18.2 Å². The van der Waals surface area contributed by atoms with Gasteiger partial charge >= 0.3 is 10.5 Å². The molecule has 0 aliphatic rings. The van der Waals surface area contributed by atoms with Gasteiger partial charge in [-0.25, -0.2) is 0 Å². The third kappa shape index (κ3) is 3.87. The van der Waals surface area contributed by atoms with Crippen molar-refractivity contribution in [2.75, 3.05) is 12.4 Å². The molecule has 0 aromatic heterocycles. The summed E-state index contributed by atoms with van der Waals surface area (Å²) in [4.78, 5) is 11.3. The summed E-state index contributed by atoms with van der Waals surface area (Å²) >= 11 is 0. The summed E-state index contributed by atoms with van der Waals surface area (Å²) in [5.41, 5.74) is 0.622. The second-order valence-electron chi connectivity index (χ2n) is 3.09. The van der Waals surface area contributed by atoms with Gasteiger partial charge in [0, 0.05) is 6.42 Å². The molecule has 1 aromatic rings. The van der Waals surface area contributed by atoms with Crippen LogP contribution in [0.15, 0.2) is 22.6 Å². The maximum atomic E-state index is 11.3. The maximum absolute atomic E-state index is 11.3. The van der Waals surface area contributed by atoms with E-state index in [-0.39, 0.29) is 11.6 Å². The van der Waals surface area contributed by atoms with Gasteiger partial charge in [0.1, 0.15) is 5.75 Å². The van der Waals surface area contributed by atoms with E-state index in [1.54, 1.807) is 6.92 Å². The van der Waals surface area contributed by atoms with Crippen molar-refractivity contribution < 1.29 is 17.9 Å². The monoisotopic (exact) mass is 256 g/mol. The molecule has 6 nitrogen and oxygen atoms in total. The minimum absolute atomic E-state index is 0.191. The first-order valence-electron chi connectivity index (χ1n) is 4.85. The second-order valence-corrected chi connectivity index (χ2v) is 3.71. The van der Waals surface area contributed by atoms with Gasteiger partial charge in [0.2, 0.25) is 5.91 Å².